The van der Waals surface area contributed by atoms with Gasteiger partial charge in [0.1, 0.15) is 5.82 Å². The number of carbonyl (C=O) groups is 1. The molecule has 0 aliphatic heterocycles. The second kappa shape index (κ2) is 8.24. The fraction of sp³-hybridized carbons (Fsp3) is 0.235. The summed E-state index contributed by atoms with van der Waals surface area (Å²) in [7, 11) is 0. The van der Waals surface area contributed by atoms with Crippen molar-refractivity contribution in [1.29, 1.82) is 0 Å². The number of anilines is 1. The number of amides is 1. The lowest BCUT2D eigenvalue weighted by molar-refractivity contribution is -0.116. The molecule has 23 heavy (non-hydrogen) atoms. The van der Waals surface area contributed by atoms with E-state index >= 15 is 0 Å². The van der Waals surface area contributed by atoms with Crippen LogP contribution in [0.15, 0.2) is 42.5 Å². The van der Waals surface area contributed by atoms with Crippen LogP contribution in [-0.2, 0) is 11.4 Å². The number of carbonyl (C=O) groups excluding carboxylic acids is 1. The number of aliphatic hydroxyl groups excluding tert-OH is 1. The van der Waals surface area contributed by atoms with Gasteiger partial charge in [-0.05, 0) is 36.2 Å². The number of rotatable bonds is 7. The van der Waals surface area contributed by atoms with Gasteiger partial charge >= 0.3 is 0 Å². The van der Waals surface area contributed by atoms with Gasteiger partial charge in [0.2, 0.25) is 5.91 Å². The summed E-state index contributed by atoms with van der Waals surface area (Å²) in [5, 5.41) is 11.7. The van der Waals surface area contributed by atoms with Crippen LogP contribution in [0.3, 0.4) is 0 Å². The Hall–Kier alpha value is -2.47. The van der Waals surface area contributed by atoms with Gasteiger partial charge < -0.3 is 15.2 Å². The van der Waals surface area contributed by atoms with Crippen molar-refractivity contribution >= 4 is 11.6 Å². The van der Waals surface area contributed by atoms with Crippen molar-refractivity contribution in [3.05, 3.63) is 59.7 Å². The number of ether oxygens (including phenoxy) is 1. The number of aliphatic hydroxyl groups is 1. The first-order valence-corrected chi connectivity index (χ1v) is 7.16. The molecule has 2 aromatic carbocycles. The van der Waals surface area contributed by atoms with Crippen molar-refractivity contribution in [3.8, 4) is 5.75 Å². The lowest BCUT2D eigenvalue weighted by Crippen LogP contribution is -2.13. The van der Waals surface area contributed by atoms with Crippen LogP contribution < -0.4 is 10.1 Å². The summed E-state index contributed by atoms with van der Waals surface area (Å²) < 4.78 is 31.2. The minimum atomic E-state index is -0.768. The standard InChI is InChI=1S/C17H17F2NO3/c18-13-6-7-16(15(19)10-13)23-8-2-5-17(22)20-14-4-1-3-12(9-14)11-21/h1,3-4,6-7,9-10,21H,2,5,8,11H2,(H,20,22). The summed E-state index contributed by atoms with van der Waals surface area (Å²) in [6.45, 7) is 0.0490. The second-order valence-electron chi connectivity index (χ2n) is 4.93. The predicted octanol–water partition coefficient (Wildman–Crippen LogP) is 3.25. The smallest absolute Gasteiger partial charge is 0.224 e. The molecule has 0 radical (unpaired) electrons. The number of benzene rings is 2. The summed E-state index contributed by atoms with van der Waals surface area (Å²) in [6, 6.07) is 9.96. The van der Waals surface area contributed by atoms with Gasteiger partial charge in [0.25, 0.3) is 0 Å². The molecule has 0 aromatic heterocycles. The van der Waals surface area contributed by atoms with Crippen LogP contribution >= 0.6 is 0 Å². The van der Waals surface area contributed by atoms with Crippen LogP contribution in [-0.4, -0.2) is 17.6 Å². The molecule has 0 unspecified atom stereocenters. The average Bonchev–Trinajstić information content (AvgIpc) is 2.53. The van der Waals surface area contributed by atoms with Gasteiger partial charge in [-0.2, -0.15) is 0 Å². The SMILES string of the molecule is O=C(CCCOc1ccc(F)cc1F)Nc1cccc(CO)c1. The van der Waals surface area contributed by atoms with Crippen LogP contribution in [0.4, 0.5) is 14.5 Å². The molecule has 122 valence electrons. The summed E-state index contributed by atoms with van der Waals surface area (Å²) in [5.74, 6) is -1.68. The fourth-order valence-corrected chi connectivity index (χ4v) is 1.98. The Morgan fingerprint density at radius 1 is 1.17 bits per heavy atom. The van der Waals surface area contributed by atoms with Gasteiger partial charge in [-0.1, -0.05) is 12.1 Å². The van der Waals surface area contributed by atoms with E-state index in [-0.39, 0.29) is 31.3 Å². The summed E-state index contributed by atoms with van der Waals surface area (Å²) in [5.41, 5.74) is 1.31. The van der Waals surface area contributed by atoms with E-state index in [1.165, 1.54) is 6.07 Å². The third-order valence-electron chi connectivity index (χ3n) is 3.09. The lowest BCUT2D eigenvalue weighted by Gasteiger charge is -2.08. The molecule has 0 heterocycles. The Morgan fingerprint density at radius 2 is 2.00 bits per heavy atom. The predicted molar refractivity (Wildman–Crippen MR) is 82.1 cm³/mol. The Labute approximate surface area is 132 Å². The van der Waals surface area contributed by atoms with Crippen molar-refractivity contribution < 1.29 is 23.4 Å². The molecule has 2 aromatic rings. The Kier molecular flexibility index (Phi) is 6.05. The minimum absolute atomic E-state index is 0.0394. The zero-order valence-corrected chi connectivity index (χ0v) is 12.4. The molecule has 0 spiro atoms. The van der Waals surface area contributed by atoms with Gasteiger partial charge in [0, 0.05) is 18.2 Å². The van der Waals surface area contributed by atoms with Crippen molar-refractivity contribution in [2.75, 3.05) is 11.9 Å². The monoisotopic (exact) mass is 321 g/mol. The number of hydrogen-bond acceptors (Lipinski definition) is 3. The van der Waals surface area contributed by atoms with Crippen LogP contribution in [0, 0.1) is 11.6 Å². The van der Waals surface area contributed by atoms with Gasteiger partial charge in [-0.25, -0.2) is 8.78 Å². The molecule has 6 heteroatoms. The van der Waals surface area contributed by atoms with Gasteiger partial charge in [-0.3, -0.25) is 4.79 Å². The molecule has 0 aliphatic rings. The number of nitrogens with one attached hydrogen (secondary N) is 1. The normalized spacial score (nSPS) is 10.4. The van der Waals surface area contributed by atoms with Crippen LogP contribution in [0.2, 0.25) is 0 Å². The summed E-state index contributed by atoms with van der Waals surface area (Å²) >= 11 is 0. The zero-order chi connectivity index (χ0) is 16.7. The maximum Gasteiger partial charge on any atom is 0.224 e. The molecule has 0 saturated heterocycles. The molecule has 0 bridgehead atoms. The Bertz CT molecular complexity index is 677. The van der Waals surface area contributed by atoms with E-state index in [9.17, 15) is 13.6 Å². The first-order chi connectivity index (χ1) is 11.1. The second-order valence-corrected chi connectivity index (χ2v) is 4.93. The van der Waals surface area contributed by atoms with E-state index in [0.717, 1.165) is 12.1 Å². The van der Waals surface area contributed by atoms with Crippen LogP contribution in [0.25, 0.3) is 0 Å². The number of hydrogen-bond donors (Lipinski definition) is 2. The largest absolute Gasteiger partial charge is 0.491 e. The molecular formula is C17H17F2NO3. The van der Waals surface area contributed by atoms with E-state index in [0.29, 0.717) is 17.7 Å². The quantitative estimate of drug-likeness (QED) is 0.770. The van der Waals surface area contributed by atoms with Gasteiger partial charge in [0.05, 0.1) is 13.2 Å². The highest BCUT2D eigenvalue weighted by atomic mass is 19.1. The molecule has 2 N–H and O–H groups in total. The molecule has 4 nitrogen and oxygen atoms in total. The van der Waals surface area contributed by atoms with Crippen molar-refractivity contribution in [2.45, 2.75) is 19.4 Å². The number of halogens is 2. The molecule has 0 saturated carbocycles. The molecule has 0 fully saturated rings. The first-order valence-electron chi connectivity index (χ1n) is 7.16. The van der Waals surface area contributed by atoms with E-state index in [2.05, 4.69) is 5.32 Å². The average molecular weight is 321 g/mol. The molecule has 0 atom stereocenters. The van der Waals surface area contributed by atoms with E-state index < -0.39 is 11.6 Å². The highest BCUT2D eigenvalue weighted by Crippen LogP contribution is 2.18. The van der Waals surface area contributed by atoms with E-state index in [4.69, 9.17) is 9.84 Å². The van der Waals surface area contributed by atoms with E-state index in [1.54, 1.807) is 24.3 Å². The van der Waals surface area contributed by atoms with Crippen LogP contribution in [0.1, 0.15) is 18.4 Å². The van der Waals surface area contributed by atoms with Crippen molar-refractivity contribution in [2.24, 2.45) is 0 Å². The molecule has 2 rings (SSSR count). The van der Waals surface area contributed by atoms with E-state index in [1.807, 2.05) is 0 Å². The maximum absolute atomic E-state index is 13.3. The highest BCUT2D eigenvalue weighted by molar-refractivity contribution is 5.90. The Balaban J connectivity index is 1.74. The van der Waals surface area contributed by atoms with Gasteiger partial charge in [0.15, 0.2) is 11.6 Å². The highest BCUT2D eigenvalue weighted by Gasteiger charge is 2.06. The third-order valence-corrected chi connectivity index (χ3v) is 3.09. The van der Waals surface area contributed by atoms with Crippen molar-refractivity contribution in [1.82, 2.24) is 0 Å². The van der Waals surface area contributed by atoms with Crippen LogP contribution in [0.5, 0.6) is 5.75 Å². The van der Waals surface area contributed by atoms with Gasteiger partial charge in [-0.15, -0.1) is 0 Å². The topological polar surface area (TPSA) is 58.6 Å². The van der Waals surface area contributed by atoms with Crippen molar-refractivity contribution in [3.63, 3.8) is 0 Å². The molecular weight excluding hydrogens is 304 g/mol. The Morgan fingerprint density at radius 3 is 2.74 bits per heavy atom. The molecule has 0 aliphatic carbocycles. The first kappa shape index (κ1) is 16.9. The summed E-state index contributed by atoms with van der Waals surface area (Å²) in [4.78, 5) is 11.8. The lowest BCUT2D eigenvalue weighted by atomic mass is 10.2. The summed E-state index contributed by atoms with van der Waals surface area (Å²) in [6.07, 6.45) is 0.592. The third kappa shape index (κ3) is 5.34. The zero-order valence-electron chi connectivity index (χ0n) is 12.4. The maximum atomic E-state index is 13.3. The molecule has 1 amide bonds. The fourth-order valence-electron chi connectivity index (χ4n) is 1.98. The minimum Gasteiger partial charge on any atom is -0.491 e.